The smallest absolute Gasteiger partial charge is 0.332 e. The maximum Gasteiger partial charge on any atom is 0.332 e. The molecule has 0 aliphatic rings. The highest BCUT2D eigenvalue weighted by Crippen LogP contribution is 2.12. The Morgan fingerprint density at radius 3 is 2.57 bits per heavy atom. The van der Waals surface area contributed by atoms with Crippen molar-refractivity contribution in [2.45, 2.75) is 26.2 Å². The fourth-order valence-corrected chi connectivity index (χ4v) is 1.97. The normalized spacial score (nSPS) is 10.3. The van der Waals surface area contributed by atoms with Crippen molar-refractivity contribution in [1.29, 1.82) is 0 Å². The lowest BCUT2D eigenvalue weighted by atomic mass is 10.1. The van der Waals surface area contributed by atoms with Crippen LogP contribution in [0, 0.1) is 0 Å². The Balaban J connectivity index is 1.81. The zero-order chi connectivity index (χ0) is 15.2. The largest absolute Gasteiger partial charge is 0.508 e. The summed E-state index contributed by atoms with van der Waals surface area (Å²) in [5.41, 5.74) is 1.40. The van der Waals surface area contributed by atoms with Crippen LogP contribution in [-0.2, 0) is 11.2 Å². The van der Waals surface area contributed by atoms with Crippen LogP contribution in [0.1, 0.15) is 35.8 Å². The minimum absolute atomic E-state index is 0.156. The summed E-state index contributed by atoms with van der Waals surface area (Å²) in [6.07, 6.45) is 3.16. The number of aromatic hydroxyl groups is 1. The summed E-state index contributed by atoms with van der Waals surface area (Å²) in [5, 5.41) is 9.18. The SMILES string of the molecule is CC(=O)c1cccn1OC(=O)CCCc1ccc(O)cc1. The van der Waals surface area contributed by atoms with Crippen molar-refractivity contribution in [3.05, 3.63) is 53.9 Å². The molecule has 0 aliphatic carbocycles. The predicted molar refractivity (Wildman–Crippen MR) is 77.1 cm³/mol. The molecule has 0 unspecified atom stereocenters. The molecule has 0 radical (unpaired) electrons. The molecule has 0 fully saturated rings. The summed E-state index contributed by atoms with van der Waals surface area (Å²) in [5.74, 6) is -0.313. The fraction of sp³-hybridized carbons (Fsp3) is 0.250. The molecule has 0 amide bonds. The van der Waals surface area contributed by atoms with Gasteiger partial charge in [-0.3, -0.25) is 4.79 Å². The van der Waals surface area contributed by atoms with Gasteiger partial charge in [-0.15, -0.1) is 0 Å². The van der Waals surface area contributed by atoms with Crippen LogP contribution in [0.25, 0.3) is 0 Å². The molecule has 21 heavy (non-hydrogen) atoms. The summed E-state index contributed by atoms with van der Waals surface area (Å²) in [7, 11) is 0. The van der Waals surface area contributed by atoms with E-state index in [0.717, 1.165) is 12.0 Å². The third-order valence-corrected chi connectivity index (χ3v) is 3.06. The molecule has 0 saturated carbocycles. The van der Waals surface area contributed by atoms with E-state index >= 15 is 0 Å². The lowest BCUT2D eigenvalue weighted by Gasteiger charge is -2.07. The summed E-state index contributed by atoms with van der Waals surface area (Å²) in [4.78, 5) is 28.2. The molecule has 1 heterocycles. The molecule has 1 N–H and O–H groups in total. The zero-order valence-corrected chi connectivity index (χ0v) is 11.8. The number of carbonyl (C=O) groups is 2. The number of benzene rings is 1. The second-order valence-corrected chi connectivity index (χ2v) is 4.76. The number of Topliss-reactive ketones (excluding diaryl/α,β-unsaturated/α-hetero) is 1. The molecule has 1 aromatic carbocycles. The van der Waals surface area contributed by atoms with Crippen molar-refractivity contribution >= 4 is 11.8 Å². The minimum Gasteiger partial charge on any atom is -0.508 e. The Kier molecular flexibility index (Phi) is 4.77. The molecule has 110 valence electrons. The van der Waals surface area contributed by atoms with Crippen LogP contribution in [0.2, 0.25) is 0 Å². The molecule has 0 saturated heterocycles. The molecule has 0 atom stereocenters. The highest BCUT2D eigenvalue weighted by molar-refractivity contribution is 5.92. The molecule has 0 aliphatic heterocycles. The number of ketones is 1. The lowest BCUT2D eigenvalue weighted by Crippen LogP contribution is -2.22. The average Bonchev–Trinajstić information content (AvgIpc) is 2.89. The van der Waals surface area contributed by atoms with Gasteiger partial charge in [-0.05, 0) is 42.7 Å². The molecule has 5 heteroatoms. The maximum absolute atomic E-state index is 11.7. The summed E-state index contributed by atoms with van der Waals surface area (Å²) >= 11 is 0. The molecule has 2 rings (SSSR count). The minimum atomic E-state index is -0.382. The molecule has 2 aromatic rings. The number of hydrogen-bond donors (Lipinski definition) is 1. The molecular formula is C16H17NO4. The Morgan fingerprint density at radius 1 is 1.19 bits per heavy atom. The monoisotopic (exact) mass is 287 g/mol. The van der Waals surface area contributed by atoms with Crippen molar-refractivity contribution in [1.82, 2.24) is 4.73 Å². The van der Waals surface area contributed by atoms with E-state index in [0.29, 0.717) is 12.1 Å². The second-order valence-electron chi connectivity index (χ2n) is 4.76. The van der Waals surface area contributed by atoms with Crippen LogP contribution in [0.5, 0.6) is 5.75 Å². The van der Waals surface area contributed by atoms with Gasteiger partial charge < -0.3 is 9.94 Å². The standard InChI is InChI=1S/C16H17NO4/c1-12(18)15-5-3-11-17(15)21-16(20)6-2-4-13-7-9-14(19)10-8-13/h3,5,7-11,19H,2,4,6H2,1H3. The maximum atomic E-state index is 11.7. The van der Waals surface area contributed by atoms with Crippen LogP contribution < -0.4 is 4.84 Å². The van der Waals surface area contributed by atoms with Gasteiger partial charge >= 0.3 is 5.97 Å². The number of phenolic OH excluding ortho intramolecular Hbond substituents is 1. The molecular weight excluding hydrogens is 270 g/mol. The van der Waals surface area contributed by atoms with E-state index in [1.807, 2.05) is 12.1 Å². The van der Waals surface area contributed by atoms with Gasteiger partial charge in [0.2, 0.25) is 0 Å². The number of hydrogen-bond acceptors (Lipinski definition) is 4. The van der Waals surface area contributed by atoms with Crippen LogP contribution >= 0.6 is 0 Å². The molecule has 5 nitrogen and oxygen atoms in total. The van der Waals surface area contributed by atoms with E-state index in [4.69, 9.17) is 4.84 Å². The van der Waals surface area contributed by atoms with Crippen molar-refractivity contribution < 1.29 is 19.5 Å². The van der Waals surface area contributed by atoms with E-state index in [1.54, 1.807) is 24.3 Å². The zero-order valence-electron chi connectivity index (χ0n) is 11.8. The number of aromatic nitrogens is 1. The number of rotatable bonds is 6. The Morgan fingerprint density at radius 2 is 1.90 bits per heavy atom. The molecule has 0 bridgehead atoms. The number of aryl methyl sites for hydroxylation is 1. The van der Waals surface area contributed by atoms with Gasteiger partial charge in [-0.2, -0.15) is 4.73 Å². The van der Waals surface area contributed by atoms with Gasteiger partial charge in [0.1, 0.15) is 11.4 Å². The number of nitrogens with zero attached hydrogens (tertiary/aromatic N) is 1. The highest BCUT2D eigenvalue weighted by atomic mass is 16.7. The van der Waals surface area contributed by atoms with Gasteiger partial charge in [0, 0.05) is 19.5 Å². The van der Waals surface area contributed by atoms with Crippen molar-refractivity contribution in [3.63, 3.8) is 0 Å². The third kappa shape index (κ3) is 4.21. The van der Waals surface area contributed by atoms with Gasteiger partial charge in [0.25, 0.3) is 0 Å². The van der Waals surface area contributed by atoms with Gasteiger partial charge in [-0.1, -0.05) is 12.1 Å². The topological polar surface area (TPSA) is 68.5 Å². The van der Waals surface area contributed by atoms with E-state index in [2.05, 4.69) is 0 Å². The van der Waals surface area contributed by atoms with Crippen molar-refractivity contribution in [2.24, 2.45) is 0 Å². The fourth-order valence-electron chi connectivity index (χ4n) is 1.97. The van der Waals surface area contributed by atoms with Gasteiger partial charge in [0.05, 0.1) is 0 Å². The third-order valence-electron chi connectivity index (χ3n) is 3.06. The van der Waals surface area contributed by atoms with Gasteiger partial charge in [-0.25, -0.2) is 4.79 Å². The molecule has 0 spiro atoms. The Bertz CT molecular complexity index is 628. The highest BCUT2D eigenvalue weighted by Gasteiger charge is 2.10. The number of phenols is 1. The Labute approximate surface area is 122 Å². The number of carbonyl (C=O) groups excluding carboxylic acids is 2. The van der Waals surface area contributed by atoms with Crippen molar-refractivity contribution in [2.75, 3.05) is 0 Å². The summed E-state index contributed by atoms with van der Waals surface area (Å²) in [6, 6.07) is 10.1. The average molecular weight is 287 g/mol. The second kappa shape index (κ2) is 6.74. The first-order valence-electron chi connectivity index (χ1n) is 6.73. The van der Waals surface area contributed by atoms with E-state index in [9.17, 15) is 14.7 Å². The first-order chi connectivity index (χ1) is 10.1. The quantitative estimate of drug-likeness (QED) is 0.828. The van der Waals surface area contributed by atoms with Gasteiger partial charge in [0.15, 0.2) is 5.78 Å². The summed E-state index contributed by atoms with van der Waals surface area (Å²) < 4.78 is 1.20. The van der Waals surface area contributed by atoms with Crippen LogP contribution in [0.4, 0.5) is 0 Å². The Hall–Kier alpha value is -2.56. The van der Waals surface area contributed by atoms with E-state index in [-0.39, 0.29) is 23.9 Å². The first-order valence-corrected chi connectivity index (χ1v) is 6.73. The van der Waals surface area contributed by atoms with Crippen LogP contribution in [-0.4, -0.2) is 21.6 Å². The van der Waals surface area contributed by atoms with Crippen molar-refractivity contribution in [3.8, 4) is 5.75 Å². The van der Waals surface area contributed by atoms with Crippen LogP contribution in [0.15, 0.2) is 42.6 Å². The first kappa shape index (κ1) is 14.8. The van der Waals surface area contributed by atoms with Crippen LogP contribution in [0.3, 0.4) is 0 Å². The lowest BCUT2D eigenvalue weighted by molar-refractivity contribution is -0.144. The van der Waals surface area contributed by atoms with E-state index < -0.39 is 0 Å². The predicted octanol–water partition coefficient (Wildman–Crippen LogP) is 2.37. The summed E-state index contributed by atoms with van der Waals surface area (Å²) in [6.45, 7) is 1.42. The molecule has 1 aromatic heterocycles. The van der Waals surface area contributed by atoms with E-state index in [1.165, 1.54) is 17.9 Å².